The van der Waals surface area contributed by atoms with E-state index in [1.54, 1.807) is 23.9 Å². The molecule has 0 amide bonds. The van der Waals surface area contributed by atoms with Crippen LogP contribution in [0.25, 0.3) is 0 Å². The van der Waals surface area contributed by atoms with Crippen molar-refractivity contribution in [3.63, 3.8) is 0 Å². The van der Waals surface area contributed by atoms with Crippen LogP contribution in [0, 0.1) is 5.82 Å². The number of amidine groups is 1. The van der Waals surface area contributed by atoms with Crippen LogP contribution in [0.5, 0.6) is 0 Å². The molecule has 6 heteroatoms. The van der Waals surface area contributed by atoms with E-state index in [1.807, 2.05) is 13.3 Å². The molecule has 0 bridgehead atoms. The largest absolute Gasteiger partial charge is 0.409 e. The van der Waals surface area contributed by atoms with E-state index < -0.39 is 5.82 Å². The molecule has 1 rings (SSSR count). The molecular formula is C13H20FN3OS. The molecule has 4 nitrogen and oxygen atoms in total. The first-order valence-corrected chi connectivity index (χ1v) is 7.35. The van der Waals surface area contributed by atoms with Gasteiger partial charge in [-0.25, -0.2) is 4.39 Å². The fourth-order valence-corrected chi connectivity index (χ4v) is 2.48. The average molecular weight is 285 g/mol. The molecule has 0 aliphatic rings. The van der Waals surface area contributed by atoms with E-state index in [1.165, 1.54) is 6.07 Å². The first-order valence-electron chi connectivity index (χ1n) is 5.95. The van der Waals surface area contributed by atoms with Crippen LogP contribution in [0.4, 0.5) is 4.39 Å². The summed E-state index contributed by atoms with van der Waals surface area (Å²) < 4.78 is 14.2. The van der Waals surface area contributed by atoms with Crippen LogP contribution in [0.2, 0.25) is 0 Å². The number of hydrogen-bond acceptors (Lipinski definition) is 4. The van der Waals surface area contributed by atoms with E-state index in [-0.39, 0.29) is 11.4 Å². The summed E-state index contributed by atoms with van der Waals surface area (Å²) in [5.74, 6) is 0.345. The van der Waals surface area contributed by atoms with Gasteiger partial charge in [0.1, 0.15) is 5.82 Å². The Kier molecular flexibility index (Phi) is 6.11. The Bertz CT molecular complexity index is 454. The lowest BCUT2D eigenvalue weighted by Gasteiger charge is -2.24. The Morgan fingerprint density at radius 1 is 1.58 bits per heavy atom. The third kappa shape index (κ3) is 4.11. The maximum atomic E-state index is 14.2. The number of thioether (sulfide) groups is 1. The van der Waals surface area contributed by atoms with Crippen LogP contribution in [-0.2, 0) is 6.54 Å². The van der Waals surface area contributed by atoms with Gasteiger partial charge in [0.25, 0.3) is 0 Å². The zero-order chi connectivity index (χ0) is 14.4. The van der Waals surface area contributed by atoms with E-state index in [0.717, 1.165) is 5.75 Å². The normalized spacial score (nSPS) is 13.8. The second-order valence-electron chi connectivity index (χ2n) is 4.48. The highest BCUT2D eigenvalue weighted by Crippen LogP contribution is 2.16. The topological polar surface area (TPSA) is 61.8 Å². The van der Waals surface area contributed by atoms with Crippen molar-refractivity contribution >= 4 is 17.6 Å². The Morgan fingerprint density at radius 2 is 2.26 bits per heavy atom. The molecule has 0 aliphatic heterocycles. The van der Waals surface area contributed by atoms with Gasteiger partial charge in [-0.2, -0.15) is 11.8 Å². The number of nitrogens with two attached hydrogens (primary N) is 1. The summed E-state index contributed by atoms with van der Waals surface area (Å²) in [5, 5.41) is 11.5. The van der Waals surface area contributed by atoms with Gasteiger partial charge in [-0.05, 0) is 26.3 Å². The quantitative estimate of drug-likeness (QED) is 0.364. The second-order valence-corrected chi connectivity index (χ2v) is 5.39. The van der Waals surface area contributed by atoms with Crippen LogP contribution in [0.15, 0.2) is 23.4 Å². The molecule has 0 heterocycles. The van der Waals surface area contributed by atoms with E-state index in [9.17, 15) is 4.39 Å². The van der Waals surface area contributed by atoms with Gasteiger partial charge in [0, 0.05) is 23.9 Å². The van der Waals surface area contributed by atoms with Gasteiger partial charge in [-0.1, -0.05) is 17.3 Å². The maximum Gasteiger partial charge on any atom is 0.173 e. The molecule has 0 aromatic heterocycles. The molecule has 0 spiro atoms. The molecule has 3 N–H and O–H groups in total. The molecule has 1 atom stereocenters. The number of nitrogens with zero attached hydrogens (tertiary/aromatic N) is 2. The fraction of sp³-hybridized carbons (Fsp3) is 0.462. The molecule has 0 aliphatic carbocycles. The summed E-state index contributed by atoms with van der Waals surface area (Å²) in [6.07, 6.45) is 2.05. The monoisotopic (exact) mass is 285 g/mol. The molecule has 1 aromatic rings. The number of benzene rings is 1. The summed E-state index contributed by atoms with van der Waals surface area (Å²) in [7, 11) is 1.95. The smallest absolute Gasteiger partial charge is 0.173 e. The van der Waals surface area contributed by atoms with E-state index in [4.69, 9.17) is 10.9 Å². The van der Waals surface area contributed by atoms with Crippen molar-refractivity contribution < 1.29 is 9.60 Å². The van der Waals surface area contributed by atoms with Crippen molar-refractivity contribution in [2.24, 2.45) is 10.9 Å². The van der Waals surface area contributed by atoms with Crippen LogP contribution in [-0.4, -0.2) is 41.0 Å². The van der Waals surface area contributed by atoms with Crippen molar-refractivity contribution in [1.29, 1.82) is 0 Å². The molecule has 1 aromatic carbocycles. The average Bonchev–Trinajstić information content (AvgIpc) is 2.40. The van der Waals surface area contributed by atoms with Gasteiger partial charge in [0.2, 0.25) is 0 Å². The minimum atomic E-state index is -0.430. The Hall–Kier alpha value is -1.27. The minimum Gasteiger partial charge on any atom is -0.409 e. The lowest BCUT2D eigenvalue weighted by Crippen LogP contribution is -2.31. The van der Waals surface area contributed by atoms with Crippen molar-refractivity contribution in [3.05, 3.63) is 35.1 Å². The Balaban J connectivity index is 2.91. The summed E-state index contributed by atoms with van der Waals surface area (Å²) >= 11 is 1.76. The summed E-state index contributed by atoms with van der Waals surface area (Å²) in [6, 6.07) is 5.27. The lowest BCUT2D eigenvalue weighted by atomic mass is 10.1. The summed E-state index contributed by atoms with van der Waals surface area (Å²) in [5.41, 5.74) is 6.12. The van der Waals surface area contributed by atoms with Crippen LogP contribution in [0.1, 0.15) is 18.1 Å². The van der Waals surface area contributed by atoms with Gasteiger partial charge in [0.05, 0.1) is 5.56 Å². The summed E-state index contributed by atoms with van der Waals surface area (Å²) in [6.45, 7) is 2.59. The molecule has 19 heavy (non-hydrogen) atoms. The lowest BCUT2D eigenvalue weighted by molar-refractivity contribution is 0.266. The highest BCUT2D eigenvalue weighted by atomic mass is 32.2. The second kappa shape index (κ2) is 7.35. The van der Waals surface area contributed by atoms with E-state index in [0.29, 0.717) is 18.2 Å². The third-order valence-electron chi connectivity index (χ3n) is 3.04. The van der Waals surface area contributed by atoms with Crippen molar-refractivity contribution in [2.45, 2.75) is 19.5 Å². The molecule has 0 radical (unpaired) electrons. The Morgan fingerprint density at radius 3 is 2.84 bits per heavy atom. The van der Waals surface area contributed by atoms with Crippen molar-refractivity contribution in [2.75, 3.05) is 19.1 Å². The van der Waals surface area contributed by atoms with Crippen LogP contribution < -0.4 is 5.73 Å². The van der Waals surface area contributed by atoms with E-state index >= 15 is 0 Å². The standard InChI is InChI=1S/C13H20FN3OS/c1-9(8-19-3)17(2)7-10-5-4-6-11(12(10)14)13(15)16-18/h4-6,9,18H,7-8H2,1-3H3,(H2,15,16). The van der Waals surface area contributed by atoms with E-state index in [2.05, 4.69) is 17.0 Å². The first kappa shape index (κ1) is 15.8. The number of rotatable bonds is 6. The van der Waals surface area contributed by atoms with Crippen LogP contribution >= 0.6 is 11.8 Å². The zero-order valence-corrected chi connectivity index (χ0v) is 12.2. The highest BCUT2D eigenvalue weighted by Gasteiger charge is 2.15. The Labute approximate surface area is 117 Å². The molecular weight excluding hydrogens is 265 g/mol. The molecule has 0 saturated heterocycles. The summed E-state index contributed by atoms with van der Waals surface area (Å²) in [4.78, 5) is 2.07. The third-order valence-corrected chi connectivity index (χ3v) is 3.86. The predicted molar refractivity (Wildman–Crippen MR) is 78.2 cm³/mol. The number of oxime groups is 1. The van der Waals surface area contributed by atoms with Gasteiger partial charge >= 0.3 is 0 Å². The maximum absolute atomic E-state index is 14.2. The van der Waals surface area contributed by atoms with Gasteiger partial charge < -0.3 is 10.9 Å². The molecule has 0 saturated carbocycles. The van der Waals surface area contributed by atoms with Crippen molar-refractivity contribution in [3.8, 4) is 0 Å². The first-order chi connectivity index (χ1) is 9.01. The number of halogens is 1. The SMILES string of the molecule is CSCC(C)N(C)Cc1cccc(/C(N)=N/O)c1F. The van der Waals surface area contributed by atoms with Crippen LogP contribution in [0.3, 0.4) is 0 Å². The van der Waals surface area contributed by atoms with Gasteiger partial charge in [-0.3, -0.25) is 4.90 Å². The van der Waals surface area contributed by atoms with Crippen molar-refractivity contribution in [1.82, 2.24) is 4.90 Å². The van der Waals surface area contributed by atoms with Gasteiger partial charge in [-0.15, -0.1) is 0 Å². The highest BCUT2D eigenvalue weighted by molar-refractivity contribution is 7.98. The molecule has 0 fully saturated rings. The zero-order valence-electron chi connectivity index (χ0n) is 11.4. The van der Waals surface area contributed by atoms with Gasteiger partial charge in [0.15, 0.2) is 5.84 Å². The fourth-order valence-electron chi connectivity index (χ4n) is 1.75. The minimum absolute atomic E-state index is 0.130. The number of hydrogen-bond donors (Lipinski definition) is 2. The molecule has 1 unspecified atom stereocenters. The molecule has 106 valence electrons. The predicted octanol–water partition coefficient (Wildman–Crippen LogP) is 2.10.